The molecule has 16 heteroatoms. The van der Waals surface area contributed by atoms with E-state index < -0.39 is 53.8 Å². The third-order valence-corrected chi connectivity index (χ3v) is 9.04. The summed E-state index contributed by atoms with van der Waals surface area (Å²) in [6.45, 7) is 10.8. The van der Waals surface area contributed by atoms with Crippen molar-refractivity contribution in [3.63, 3.8) is 0 Å². The number of carbonyl (C=O) groups is 6. The molecule has 0 saturated carbocycles. The highest BCUT2D eigenvalue weighted by molar-refractivity contribution is 6.00. The number of amides is 4. The summed E-state index contributed by atoms with van der Waals surface area (Å²) in [6, 6.07) is 13.0. The molecular weight excluding hydrogens is 764 g/mol. The fourth-order valence-electron chi connectivity index (χ4n) is 6.13. The van der Waals surface area contributed by atoms with E-state index in [9.17, 15) is 28.8 Å². The van der Waals surface area contributed by atoms with E-state index in [1.165, 1.54) is 17.2 Å². The van der Waals surface area contributed by atoms with Gasteiger partial charge in [0.05, 0.1) is 51.4 Å². The Balaban J connectivity index is 1.68. The molecule has 4 amide bonds. The molecule has 59 heavy (non-hydrogen) atoms. The molecule has 0 aliphatic heterocycles. The fraction of sp³-hybridized carbons (Fsp3) is 0.488. The van der Waals surface area contributed by atoms with Gasteiger partial charge in [0, 0.05) is 5.56 Å². The number of nitrogens with one attached hydrogen (secondary N) is 3. The van der Waals surface area contributed by atoms with E-state index in [0.717, 1.165) is 31.9 Å². The maximum atomic E-state index is 13.6. The monoisotopic (exact) mass is 822 g/mol. The highest BCUT2D eigenvalue weighted by Gasteiger charge is 2.32. The number of benzene rings is 2. The lowest BCUT2D eigenvalue weighted by molar-refractivity contribution is -0.200. The molecule has 3 aromatic rings. The number of ether oxygens (including phenoxy) is 4. The molecule has 0 aliphatic carbocycles. The lowest BCUT2D eigenvalue weighted by Gasteiger charge is -2.32. The first-order valence-corrected chi connectivity index (χ1v) is 19.7. The van der Waals surface area contributed by atoms with Crippen molar-refractivity contribution in [2.24, 2.45) is 5.92 Å². The maximum Gasteiger partial charge on any atom is 0.328 e. The molecule has 2 aromatic carbocycles. The van der Waals surface area contributed by atoms with Gasteiger partial charge in [-0.2, -0.15) is 0 Å². The normalized spacial score (nSPS) is 12.6. The van der Waals surface area contributed by atoms with Gasteiger partial charge in [-0.1, -0.05) is 51.3 Å². The van der Waals surface area contributed by atoms with Crippen LogP contribution in [-0.2, 0) is 40.1 Å². The van der Waals surface area contributed by atoms with Crippen LogP contribution in [0.25, 0.3) is 11.3 Å². The van der Waals surface area contributed by atoms with E-state index in [-0.39, 0.29) is 48.6 Å². The van der Waals surface area contributed by atoms with Crippen LogP contribution < -0.4 is 25.4 Å². The highest BCUT2D eigenvalue weighted by Crippen LogP contribution is 2.30. The molecule has 3 atom stereocenters. The van der Waals surface area contributed by atoms with Crippen LogP contribution in [0.5, 0.6) is 11.5 Å². The summed E-state index contributed by atoms with van der Waals surface area (Å²) in [5, 5.41) is 9.16. The number of rotatable bonds is 24. The topological polar surface area (TPSA) is 201 Å². The Bertz CT molecular complexity index is 1850. The zero-order valence-corrected chi connectivity index (χ0v) is 35.2. The molecule has 1 aromatic heterocycles. The molecule has 0 aliphatic rings. The molecule has 0 radical (unpaired) electrons. The van der Waals surface area contributed by atoms with Crippen LogP contribution in [-0.4, -0.2) is 86.3 Å². The largest absolute Gasteiger partial charge is 0.497 e. The third-order valence-electron chi connectivity index (χ3n) is 9.04. The summed E-state index contributed by atoms with van der Waals surface area (Å²) in [6.07, 6.45) is 3.70. The second kappa shape index (κ2) is 23.5. The number of carbonyl (C=O) groups excluding carboxylic acids is 6. The van der Waals surface area contributed by atoms with Gasteiger partial charge in [-0.15, -0.1) is 0 Å². The van der Waals surface area contributed by atoms with Gasteiger partial charge in [0.2, 0.25) is 12.3 Å². The second-order valence-electron chi connectivity index (χ2n) is 14.5. The Morgan fingerprint density at radius 2 is 1.63 bits per heavy atom. The minimum atomic E-state index is -1.32. The first-order valence-electron chi connectivity index (χ1n) is 19.7. The van der Waals surface area contributed by atoms with Crippen LogP contribution in [0.2, 0.25) is 0 Å². The average Bonchev–Trinajstić information content (AvgIpc) is 3.71. The first kappa shape index (κ1) is 47.5. The molecule has 1 heterocycles. The molecule has 16 nitrogen and oxygen atoms in total. The fourth-order valence-corrected chi connectivity index (χ4v) is 6.13. The Labute approximate surface area is 345 Å². The molecule has 0 saturated heterocycles. The number of hydrogen-bond acceptors (Lipinski definition) is 12. The summed E-state index contributed by atoms with van der Waals surface area (Å²) >= 11 is 0. The minimum absolute atomic E-state index is 0.0397. The molecule has 0 fully saturated rings. The van der Waals surface area contributed by atoms with Crippen molar-refractivity contribution >= 4 is 36.1 Å². The van der Waals surface area contributed by atoms with Crippen LogP contribution in [0.3, 0.4) is 0 Å². The van der Waals surface area contributed by atoms with E-state index >= 15 is 0 Å². The van der Waals surface area contributed by atoms with Gasteiger partial charge in [0.15, 0.2) is 5.76 Å². The zero-order chi connectivity index (χ0) is 43.5. The molecule has 0 unspecified atom stereocenters. The van der Waals surface area contributed by atoms with Gasteiger partial charge in [-0.3, -0.25) is 28.8 Å². The SMILES string of the molecule is CCCCC[C@@H](C(=O)NCNC(=O)c1ccc(-c2ccc(C(=O)N[C@@H](CC(=O)OC(C)(C)C)C(=O)OC)c(OCC)c2)o1)[C@@H](CC)N(C=O)OCc1ccc(OC)cc1. The first-order chi connectivity index (χ1) is 28.2. The van der Waals surface area contributed by atoms with E-state index in [1.807, 2.05) is 19.1 Å². The number of furan rings is 1. The van der Waals surface area contributed by atoms with Crippen molar-refractivity contribution in [2.45, 2.75) is 104 Å². The third kappa shape index (κ3) is 14.8. The Kier molecular flexibility index (Phi) is 18.9. The van der Waals surface area contributed by atoms with Gasteiger partial charge in [-0.25, -0.2) is 9.86 Å². The lowest BCUT2D eigenvalue weighted by atomic mass is 9.90. The number of methoxy groups -OCH3 is 2. The smallest absolute Gasteiger partial charge is 0.328 e. The average molecular weight is 823 g/mol. The minimum Gasteiger partial charge on any atom is -0.497 e. The number of unbranched alkanes of at least 4 members (excludes halogenated alkanes) is 2. The molecule has 0 bridgehead atoms. The number of nitrogens with zero attached hydrogens (tertiary/aromatic N) is 1. The quantitative estimate of drug-likeness (QED) is 0.0327. The predicted molar refractivity (Wildman–Crippen MR) is 217 cm³/mol. The van der Waals surface area contributed by atoms with Gasteiger partial charge in [-0.05, 0) is 82.5 Å². The van der Waals surface area contributed by atoms with Crippen molar-refractivity contribution < 1.29 is 57.0 Å². The summed E-state index contributed by atoms with van der Waals surface area (Å²) in [5.74, 6) is -2.67. The summed E-state index contributed by atoms with van der Waals surface area (Å²) in [5.41, 5.74) is 0.577. The molecule has 3 rings (SSSR count). The van der Waals surface area contributed by atoms with Crippen molar-refractivity contribution in [3.05, 3.63) is 71.5 Å². The van der Waals surface area contributed by atoms with Gasteiger partial charge in [0.1, 0.15) is 35.5 Å². The van der Waals surface area contributed by atoms with Crippen molar-refractivity contribution in [3.8, 4) is 22.8 Å². The van der Waals surface area contributed by atoms with Gasteiger partial charge < -0.3 is 39.3 Å². The van der Waals surface area contributed by atoms with Crippen LogP contribution in [0.15, 0.2) is 59.0 Å². The summed E-state index contributed by atoms with van der Waals surface area (Å²) in [7, 11) is 2.72. The number of hydroxylamine groups is 2. The summed E-state index contributed by atoms with van der Waals surface area (Å²) < 4.78 is 26.9. The van der Waals surface area contributed by atoms with Crippen molar-refractivity contribution in [1.29, 1.82) is 0 Å². The predicted octanol–water partition coefficient (Wildman–Crippen LogP) is 5.73. The van der Waals surface area contributed by atoms with E-state index in [2.05, 4.69) is 22.9 Å². The van der Waals surface area contributed by atoms with Gasteiger partial charge in [0.25, 0.3) is 11.8 Å². The highest BCUT2D eigenvalue weighted by atomic mass is 16.7. The van der Waals surface area contributed by atoms with Crippen LogP contribution in [0, 0.1) is 5.92 Å². The molecule has 322 valence electrons. The molecular formula is C43H58N4O12. The lowest BCUT2D eigenvalue weighted by Crippen LogP contribution is -2.48. The maximum absolute atomic E-state index is 13.6. The van der Waals surface area contributed by atoms with Crippen LogP contribution >= 0.6 is 0 Å². The molecule has 0 spiro atoms. The Morgan fingerprint density at radius 1 is 0.898 bits per heavy atom. The van der Waals surface area contributed by atoms with E-state index in [1.54, 1.807) is 65.1 Å². The van der Waals surface area contributed by atoms with Crippen molar-refractivity contribution in [2.75, 3.05) is 27.5 Å². The standard InChI is InChI=1S/C43H58N4O12/c1-9-12-13-14-31(34(10-2)47(27-48)57-25-28-15-18-30(54-7)19-16-28)39(50)44-26-45-41(52)36-22-21-35(58-36)29-17-20-32(37(23-29)56-11-3)40(51)46-33(42(53)55-8)24-38(49)59-43(4,5)6/h15-23,27,31,33-34H,9-14,24-26H2,1-8H3,(H,44,50)(H,45,52)(H,46,51)/t31-,33+,34-/m1/s1. The van der Waals surface area contributed by atoms with Crippen molar-refractivity contribution in [1.82, 2.24) is 21.0 Å². The Hall–Kier alpha value is -5.90. The summed E-state index contributed by atoms with van der Waals surface area (Å²) in [4.78, 5) is 83.1. The molecule has 3 N–H and O–H groups in total. The van der Waals surface area contributed by atoms with Crippen LogP contribution in [0.4, 0.5) is 0 Å². The Morgan fingerprint density at radius 3 is 2.24 bits per heavy atom. The van der Waals surface area contributed by atoms with E-state index in [0.29, 0.717) is 30.6 Å². The van der Waals surface area contributed by atoms with E-state index in [4.69, 9.17) is 28.2 Å². The zero-order valence-electron chi connectivity index (χ0n) is 35.2. The number of hydrogen-bond donors (Lipinski definition) is 3. The second-order valence-corrected chi connectivity index (χ2v) is 14.5. The van der Waals surface area contributed by atoms with Gasteiger partial charge >= 0.3 is 11.9 Å². The van der Waals surface area contributed by atoms with Crippen LogP contribution in [0.1, 0.15) is 107 Å². The number of esters is 2.